The van der Waals surface area contributed by atoms with Crippen molar-refractivity contribution in [3.63, 3.8) is 0 Å². The average Bonchev–Trinajstić information content (AvgIpc) is 3.29. The summed E-state index contributed by atoms with van der Waals surface area (Å²) in [6.07, 6.45) is 3.00. The van der Waals surface area contributed by atoms with E-state index in [0.29, 0.717) is 66.7 Å². The lowest BCUT2D eigenvalue weighted by Crippen LogP contribution is -2.51. The maximum Gasteiger partial charge on any atom is 0.321 e. The Balaban J connectivity index is 1.12. The quantitative estimate of drug-likeness (QED) is 0.724. The summed E-state index contributed by atoms with van der Waals surface area (Å²) in [5, 5.41) is 16.8. The zero-order valence-corrected chi connectivity index (χ0v) is 19.2. The van der Waals surface area contributed by atoms with Crippen molar-refractivity contribution in [3.05, 3.63) is 41.0 Å². The van der Waals surface area contributed by atoms with Gasteiger partial charge in [-0.05, 0) is 49.7 Å². The number of anilines is 1. The molecule has 2 atom stereocenters. The molecule has 2 aromatic rings. The SMILES string of the molecule is CC1(c2noc([C@@H]3C[C@@H]3F)n2)CCN(C(=O)Nc2c(C#N)cccc2C2CC3(COC3)C2)CC1. The number of piperidine rings is 1. The van der Waals surface area contributed by atoms with Gasteiger partial charge in [0.15, 0.2) is 5.82 Å². The van der Waals surface area contributed by atoms with E-state index in [9.17, 15) is 14.4 Å². The van der Waals surface area contributed by atoms with E-state index in [2.05, 4.69) is 28.5 Å². The molecule has 1 aromatic heterocycles. The normalized spacial score (nSPS) is 26.9. The lowest BCUT2D eigenvalue weighted by molar-refractivity contribution is -0.164. The highest BCUT2D eigenvalue weighted by atomic mass is 19.1. The second kappa shape index (κ2) is 7.77. The van der Waals surface area contributed by atoms with Gasteiger partial charge in [-0.2, -0.15) is 10.2 Å². The van der Waals surface area contributed by atoms with Gasteiger partial charge in [-0.15, -0.1) is 0 Å². The molecule has 178 valence electrons. The largest absolute Gasteiger partial charge is 0.380 e. The summed E-state index contributed by atoms with van der Waals surface area (Å²) >= 11 is 0. The summed E-state index contributed by atoms with van der Waals surface area (Å²) in [5.74, 6) is 1.06. The fourth-order valence-electron chi connectivity index (χ4n) is 5.64. The number of aromatic nitrogens is 2. The third kappa shape index (κ3) is 3.56. The molecule has 9 heteroatoms. The summed E-state index contributed by atoms with van der Waals surface area (Å²) in [5.41, 5.74) is 2.14. The van der Waals surface area contributed by atoms with Crippen molar-refractivity contribution in [2.45, 2.75) is 62.5 Å². The van der Waals surface area contributed by atoms with Crippen LogP contribution in [-0.4, -0.2) is 53.5 Å². The van der Waals surface area contributed by atoms with E-state index in [-0.39, 0.29) is 17.4 Å². The number of urea groups is 1. The number of carbonyl (C=O) groups is 1. The van der Waals surface area contributed by atoms with Crippen LogP contribution in [0.3, 0.4) is 0 Å². The molecule has 4 fully saturated rings. The number of hydrogen-bond donors (Lipinski definition) is 1. The van der Waals surface area contributed by atoms with Crippen molar-refractivity contribution >= 4 is 11.7 Å². The minimum absolute atomic E-state index is 0.195. The Morgan fingerprint density at radius 1 is 1.29 bits per heavy atom. The number of carbonyl (C=O) groups excluding carboxylic acids is 1. The fourth-order valence-corrected chi connectivity index (χ4v) is 5.64. The lowest BCUT2D eigenvalue weighted by Gasteiger charge is -2.53. The number of amides is 2. The number of alkyl halides is 1. The Kier molecular flexibility index (Phi) is 4.92. The lowest BCUT2D eigenvalue weighted by atomic mass is 9.58. The number of hydrogen-bond acceptors (Lipinski definition) is 6. The minimum atomic E-state index is -0.875. The third-order valence-corrected chi connectivity index (χ3v) is 8.23. The maximum atomic E-state index is 13.3. The molecule has 0 bridgehead atoms. The van der Waals surface area contributed by atoms with Crippen molar-refractivity contribution in [2.24, 2.45) is 5.41 Å². The summed E-state index contributed by atoms with van der Waals surface area (Å²) in [7, 11) is 0. The van der Waals surface area contributed by atoms with Gasteiger partial charge in [-0.25, -0.2) is 9.18 Å². The van der Waals surface area contributed by atoms with Gasteiger partial charge in [0.25, 0.3) is 0 Å². The molecule has 6 rings (SSSR count). The van der Waals surface area contributed by atoms with E-state index in [4.69, 9.17) is 9.26 Å². The van der Waals surface area contributed by atoms with E-state index in [1.807, 2.05) is 12.1 Å². The number of nitrogens with zero attached hydrogens (tertiary/aromatic N) is 4. The smallest absolute Gasteiger partial charge is 0.321 e. The third-order valence-electron chi connectivity index (χ3n) is 8.23. The van der Waals surface area contributed by atoms with Crippen LogP contribution < -0.4 is 5.32 Å². The van der Waals surface area contributed by atoms with E-state index < -0.39 is 6.17 Å². The van der Waals surface area contributed by atoms with Crippen LogP contribution in [0.5, 0.6) is 0 Å². The zero-order valence-electron chi connectivity index (χ0n) is 19.2. The molecule has 8 nitrogen and oxygen atoms in total. The van der Waals surface area contributed by atoms with Gasteiger partial charge in [0.05, 0.1) is 30.4 Å². The minimum Gasteiger partial charge on any atom is -0.380 e. The van der Waals surface area contributed by atoms with Crippen molar-refractivity contribution in [3.8, 4) is 6.07 Å². The second-order valence-corrected chi connectivity index (χ2v) is 10.8. The topological polar surface area (TPSA) is 104 Å². The molecule has 4 aliphatic rings. The number of rotatable bonds is 4. The van der Waals surface area contributed by atoms with Gasteiger partial charge in [0, 0.05) is 23.9 Å². The van der Waals surface area contributed by atoms with Crippen molar-refractivity contribution < 1.29 is 18.4 Å². The van der Waals surface area contributed by atoms with Gasteiger partial charge in [0.2, 0.25) is 5.89 Å². The van der Waals surface area contributed by atoms with E-state index in [1.54, 1.807) is 11.0 Å². The molecule has 1 N–H and O–H groups in total. The first-order valence-electron chi connectivity index (χ1n) is 12.0. The Morgan fingerprint density at radius 3 is 2.65 bits per heavy atom. The number of nitrogens with one attached hydrogen (secondary N) is 1. The van der Waals surface area contributed by atoms with Gasteiger partial charge >= 0.3 is 6.03 Å². The van der Waals surface area contributed by atoms with Crippen molar-refractivity contribution in [2.75, 3.05) is 31.6 Å². The van der Waals surface area contributed by atoms with Crippen LogP contribution in [0.25, 0.3) is 0 Å². The van der Waals surface area contributed by atoms with Gasteiger partial charge in [0.1, 0.15) is 12.2 Å². The molecule has 2 amide bonds. The van der Waals surface area contributed by atoms with Crippen molar-refractivity contribution in [1.82, 2.24) is 15.0 Å². The second-order valence-electron chi connectivity index (χ2n) is 10.8. The molecule has 1 aromatic carbocycles. The predicted octanol–water partition coefficient (Wildman–Crippen LogP) is 4.25. The molecule has 2 aliphatic carbocycles. The molecular formula is C25H28FN5O3. The fraction of sp³-hybridized carbons (Fsp3) is 0.600. The Labute approximate surface area is 197 Å². The van der Waals surface area contributed by atoms with Crippen LogP contribution >= 0.6 is 0 Å². The molecule has 2 saturated heterocycles. The maximum absolute atomic E-state index is 13.3. The molecule has 34 heavy (non-hydrogen) atoms. The van der Waals surface area contributed by atoms with E-state index >= 15 is 0 Å². The summed E-state index contributed by atoms with van der Waals surface area (Å²) in [6, 6.07) is 7.71. The zero-order chi connectivity index (χ0) is 23.5. The average molecular weight is 466 g/mol. The Morgan fingerprint density at radius 2 is 2.03 bits per heavy atom. The summed E-state index contributed by atoms with van der Waals surface area (Å²) in [4.78, 5) is 19.4. The number of nitriles is 1. The van der Waals surface area contributed by atoms with Crippen LogP contribution in [0.15, 0.2) is 22.7 Å². The molecule has 1 spiro atoms. The molecule has 0 unspecified atom stereocenters. The number of para-hydroxylation sites is 1. The summed E-state index contributed by atoms with van der Waals surface area (Å²) < 4.78 is 24.0. The highest BCUT2D eigenvalue weighted by Crippen LogP contribution is 2.56. The first kappa shape index (κ1) is 21.5. The predicted molar refractivity (Wildman–Crippen MR) is 120 cm³/mol. The monoisotopic (exact) mass is 465 g/mol. The Hall–Kier alpha value is -2.99. The van der Waals surface area contributed by atoms with E-state index in [1.165, 1.54) is 0 Å². The van der Waals surface area contributed by atoms with E-state index in [0.717, 1.165) is 31.6 Å². The van der Waals surface area contributed by atoms with Gasteiger partial charge in [-0.1, -0.05) is 24.2 Å². The molecule has 2 saturated carbocycles. The van der Waals surface area contributed by atoms with Gasteiger partial charge in [-0.3, -0.25) is 0 Å². The molecule has 0 radical (unpaired) electrons. The molecular weight excluding hydrogens is 437 g/mol. The van der Waals surface area contributed by atoms with Crippen LogP contribution in [0, 0.1) is 16.7 Å². The van der Waals surface area contributed by atoms with Gasteiger partial charge < -0.3 is 19.5 Å². The number of likely N-dealkylation sites (tertiary alicyclic amines) is 1. The highest BCUT2D eigenvalue weighted by Gasteiger charge is 2.51. The molecule has 2 aliphatic heterocycles. The van der Waals surface area contributed by atoms with Crippen LogP contribution in [0.4, 0.5) is 14.9 Å². The highest BCUT2D eigenvalue weighted by molar-refractivity contribution is 5.92. The summed E-state index contributed by atoms with van der Waals surface area (Å²) in [6.45, 7) is 4.76. The Bertz CT molecular complexity index is 1150. The standard InChI is InChI=1S/C25H28FN5O3/c1-24(22-29-21(34-30-22)18-9-19(18)26)5-7-31(8-6-24)23(32)28-20-15(12-27)3-2-4-17(20)16-10-25(11-16)13-33-14-25/h2-4,16,18-19H,5-11,13-14H2,1H3,(H,28,32)/t18-,19+/m1/s1. The van der Waals surface area contributed by atoms with Crippen LogP contribution in [0.1, 0.15) is 73.7 Å². The number of benzene rings is 1. The number of ether oxygens (including phenoxy) is 1. The number of halogens is 1. The first-order valence-corrected chi connectivity index (χ1v) is 12.0. The van der Waals surface area contributed by atoms with Crippen molar-refractivity contribution in [1.29, 1.82) is 5.26 Å². The first-order chi connectivity index (χ1) is 16.4. The van der Waals surface area contributed by atoms with Crippen LogP contribution in [0.2, 0.25) is 0 Å². The molecule has 3 heterocycles. The van der Waals surface area contributed by atoms with Crippen LogP contribution in [-0.2, 0) is 10.2 Å².